The molecule has 0 heterocycles. The van der Waals surface area contributed by atoms with Crippen LogP contribution in [0.15, 0.2) is 18.2 Å². The first-order valence-corrected chi connectivity index (χ1v) is 6.00. The summed E-state index contributed by atoms with van der Waals surface area (Å²) in [6.07, 6.45) is -0.193. The van der Waals surface area contributed by atoms with Crippen molar-refractivity contribution in [3.05, 3.63) is 23.8 Å². The molecule has 0 spiro atoms. The maximum atomic E-state index is 11.7. The number of carbonyl (C=O) groups is 2. The molecule has 7 nitrogen and oxygen atoms in total. The van der Waals surface area contributed by atoms with Crippen LogP contribution in [-0.4, -0.2) is 32.1 Å². The average molecular weight is 318 g/mol. The molecule has 1 aromatic carbocycles. The fraction of sp³-hybridized carbons (Fsp3) is 0.385. The topological polar surface area (TPSA) is 117 Å². The number of benzene rings is 1. The lowest BCUT2D eigenvalue weighted by Crippen LogP contribution is -2.42. The molecule has 0 saturated carbocycles. The highest BCUT2D eigenvalue weighted by molar-refractivity contribution is 5.87. The number of halogens is 1. The minimum absolute atomic E-state index is 0. The molecular formula is C13H20ClN3O4. The minimum Gasteiger partial charge on any atom is -0.497 e. The van der Waals surface area contributed by atoms with Gasteiger partial charge in [0.2, 0.25) is 11.8 Å². The third-order valence-corrected chi connectivity index (χ3v) is 2.70. The van der Waals surface area contributed by atoms with Gasteiger partial charge in [0.1, 0.15) is 11.5 Å². The number of methoxy groups -OCH3 is 2. The summed E-state index contributed by atoms with van der Waals surface area (Å²) in [6, 6.07) is 4.29. The smallest absolute Gasteiger partial charge is 0.237 e. The molecule has 5 N–H and O–H groups in total. The highest BCUT2D eigenvalue weighted by Crippen LogP contribution is 2.23. The molecule has 0 bridgehead atoms. The summed E-state index contributed by atoms with van der Waals surface area (Å²) >= 11 is 0. The molecule has 1 rings (SSSR count). The van der Waals surface area contributed by atoms with Gasteiger partial charge in [0.25, 0.3) is 0 Å². The van der Waals surface area contributed by atoms with Crippen LogP contribution in [0.4, 0.5) is 0 Å². The highest BCUT2D eigenvalue weighted by Gasteiger charge is 2.16. The monoisotopic (exact) mass is 317 g/mol. The van der Waals surface area contributed by atoms with Gasteiger partial charge in [0.15, 0.2) is 0 Å². The van der Waals surface area contributed by atoms with Gasteiger partial charge in [0, 0.05) is 12.1 Å². The predicted molar refractivity (Wildman–Crippen MR) is 80.4 cm³/mol. The zero-order chi connectivity index (χ0) is 15.1. The number of rotatable bonds is 7. The van der Waals surface area contributed by atoms with Crippen LogP contribution in [0, 0.1) is 0 Å². The van der Waals surface area contributed by atoms with E-state index in [0.29, 0.717) is 11.5 Å². The average Bonchev–Trinajstić information content (AvgIpc) is 2.43. The minimum atomic E-state index is -0.955. The van der Waals surface area contributed by atoms with Crippen LogP contribution in [-0.2, 0) is 16.1 Å². The van der Waals surface area contributed by atoms with Crippen molar-refractivity contribution in [2.45, 2.75) is 19.0 Å². The van der Waals surface area contributed by atoms with E-state index < -0.39 is 17.9 Å². The lowest BCUT2D eigenvalue weighted by Gasteiger charge is -2.13. The van der Waals surface area contributed by atoms with E-state index in [0.717, 1.165) is 5.56 Å². The van der Waals surface area contributed by atoms with Crippen molar-refractivity contribution >= 4 is 24.2 Å². The van der Waals surface area contributed by atoms with Crippen LogP contribution in [0.5, 0.6) is 11.5 Å². The fourth-order valence-corrected chi connectivity index (χ4v) is 1.64. The Morgan fingerprint density at radius 2 is 1.95 bits per heavy atom. The number of hydrogen-bond acceptors (Lipinski definition) is 5. The van der Waals surface area contributed by atoms with Crippen LogP contribution in [0.1, 0.15) is 12.0 Å². The number of hydrogen-bond donors (Lipinski definition) is 3. The molecule has 21 heavy (non-hydrogen) atoms. The van der Waals surface area contributed by atoms with Crippen molar-refractivity contribution in [3.63, 3.8) is 0 Å². The van der Waals surface area contributed by atoms with Gasteiger partial charge in [-0.2, -0.15) is 0 Å². The zero-order valence-corrected chi connectivity index (χ0v) is 12.7. The number of nitrogens with two attached hydrogens (primary N) is 2. The van der Waals surface area contributed by atoms with Crippen LogP contribution in [0.25, 0.3) is 0 Å². The molecule has 2 amide bonds. The van der Waals surface area contributed by atoms with Crippen molar-refractivity contribution in [2.24, 2.45) is 11.5 Å². The molecule has 118 valence electrons. The highest BCUT2D eigenvalue weighted by atomic mass is 35.5. The second kappa shape index (κ2) is 9.04. The Morgan fingerprint density at radius 1 is 1.29 bits per heavy atom. The first-order valence-electron chi connectivity index (χ1n) is 6.00. The van der Waals surface area contributed by atoms with Gasteiger partial charge in [-0.15, -0.1) is 12.4 Å². The Labute approximate surface area is 129 Å². The second-order valence-electron chi connectivity index (χ2n) is 4.17. The molecule has 1 aromatic rings. The summed E-state index contributed by atoms with van der Waals surface area (Å²) in [5.74, 6) is 0.200. The number of ether oxygens (including phenoxy) is 2. The molecule has 0 radical (unpaired) electrons. The third kappa shape index (κ3) is 5.88. The third-order valence-electron chi connectivity index (χ3n) is 2.70. The Morgan fingerprint density at radius 3 is 2.48 bits per heavy atom. The van der Waals surface area contributed by atoms with Gasteiger partial charge >= 0.3 is 0 Å². The lowest BCUT2D eigenvalue weighted by molar-refractivity contribution is -0.126. The van der Waals surface area contributed by atoms with Gasteiger partial charge in [-0.05, 0) is 18.2 Å². The van der Waals surface area contributed by atoms with E-state index in [1.807, 2.05) is 0 Å². The number of nitrogens with one attached hydrogen (secondary N) is 1. The van der Waals surface area contributed by atoms with E-state index in [2.05, 4.69) is 5.32 Å². The molecule has 8 heteroatoms. The molecule has 1 unspecified atom stereocenters. The molecule has 0 saturated heterocycles. The quantitative estimate of drug-likeness (QED) is 0.651. The van der Waals surface area contributed by atoms with Crippen LogP contribution < -0.4 is 26.3 Å². The summed E-state index contributed by atoms with van der Waals surface area (Å²) in [4.78, 5) is 22.4. The van der Waals surface area contributed by atoms with Gasteiger partial charge in [0.05, 0.1) is 26.7 Å². The molecule has 0 fully saturated rings. The van der Waals surface area contributed by atoms with Crippen molar-refractivity contribution in [3.8, 4) is 11.5 Å². The van der Waals surface area contributed by atoms with E-state index in [1.165, 1.54) is 7.11 Å². The first-order chi connectivity index (χ1) is 9.47. The Balaban J connectivity index is 0.00000400. The predicted octanol–water partition coefficient (Wildman–Crippen LogP) is -0.0555. The summed E-state index contributed by atoms with van der Waals surface area (Å²) in [6.45, 7) is 0.214. The standard InChI is InChI=1S/C13H19N3O4.ClH/c1-19-9-3-4-11(20-2)8(5-9)7-16-13(18)10(14)6-12(15)17;/h3-5,10H,6-7,14H2,1-2H3,(H2,15,17)(H,16,18);1H. The molecule has 0 aliphatic heterocycles. The molecule has 0 aliphatic rings. The van der Waals surface area contributed by atoms with Gasteiger partial charge < -0.3 is 26.3 Å². The largest absolute Gasteiger partial charge is 0.497 e. The van der Waals surface area contributed by atoms with E-state index in [1.54, 1.807) is 25.3 Å². The van der Waals surface area contributed by atoms with Crippen LogP contribution >= 0.6 is 12.4 Å². The van der Waals surface area contributed by atoms with Gasteiger partial charge in [-0.3, -0.25) is 9.59 Å². The van der Waals surface area contributed by atoms with Gasteiger partial charge in [-0.1, -0.05) is 0 Å². The fourth-order valence-electron chi connectivity index (χ4n) is 1.64. The van der Waals surface area contributed by atoms with E-state index in [-0.39, 0.29) is 25.4 Å². The Bertz CT molecular complexity index is 496. The first kappa shape index (κ1) is 19.0. The maximum Gasteiger partial charge on any atom is 0.237 e. The zero-order valence-electron chi connectivity index (χ0n) is 11.9. The van der Waals surface area contributed by atoms with Crippen LogP contribution in [0.2, 0.25) is 0 Å². The SMILES string of the molecule is COc1ccc(OC)c(CNC(=O)C(N)CC(N)=O)c1.Cl. The van der Waals surface area contributed by atoms with Crippen molar-refractivity contribution in [2.75, 3.05) is 14.2 Å². The lowest BCUT2D eigenvalue weighted by atomic mass is 10.1. The Hall–Kier alpha value is -1.99. The summed E-state index contributed by atoms with van der Waals surface area (Å²) in [7, 11) is 3.08. The number of primary amides is 1. The van der Waals surface area contributed by atoms with Gasteiger partial charge in [-0.25, -0.2) is 0 Å². The van der Waals surface area contributed by atoms with E-state index in [9.17, 15) is 9.59 Å². The van der Waals surface area contributed by atoms with Crippen molar-refractivity contribution in [1.82, 2.24) is 5.32 Å². The van der Waals surface area contributed by atoms with Crippen molar-refractivity contribution < 1.29 is 19.1 Å². The van der Waals surface area contributed by atoms with E-state index in [4.69, 9.17) is 20.9 Å². The summed E-state index contributed by atoms with van der Waals surface area (Å²) in [5, 5.41) is 2.62. The molecular weight excluding hydrogens is 298 g/mol. The Kier molecular flexibility index (Phi) is 8.18. The van der Waals surface area contributed by atoms with Crippen LogP contribution in [0.3, 0.4) is 0 Å². The molecule has 1 atom stereocenters. The number of carbonyl (C=O) groups excluding carboxylic acids is 2. The van der Waals surface area contributed by atoms with E-state index >= 15 is 0 Å². The second-order valence-corrected chi connectivity index (χ2v) is 4.17. The normalized spacial score (nSPS) is 11.0. The molecule has 0 aromatic heterocycles. The summed E-state index contributed by atoms with van der Waals surface area (Å²) in [5.41, 5.74) is 11.3. The maximum absolute atomic E-state index is 11.7. The number of amides is 2. The van der Waals surface area contributed by atoms with Crippen molar-refractivity contribution in [1.29, 1.82) is 0 Å². The summed E-state index contributed by atoms with van der Waals surface area (Å²) < 4.78 is 10.3. The molecule has 0 aliphatic carbocycles.